The highest BCUT2D eigenvalue weighted by molar-refractivity contribution is 5.54. The molecule has 0 aliphatic carbocycles. The minimum atomic E-state index is -1.27. The van der Waals surface area contributed by atoms with Crippen molar-refractivity contribution in [3.05, 3.63) is 17.7 Å². The summed E-state index contributed by atoms with van der Waals surface area (Å²) < 4.78 is 15.4. The average Bonchev–Trinajstić information content (AvgIpc) is 2.43. The van der Waals surface area contributed by atoms with E-state index in [1.54, 1.807) is 0 Å². The van der Waals surface area contributed by atoms with Gasteiger partial charge in [-0.1, -0.05) is 0 Å². The highest BCUT2D eigenvalue weighted by Crippen LogP contribution is 2.40. The molecule has 0 aliphatic heterocycles. The lowest BCUT2D eigenvalue weighted by Crippen LogP contribution is -2.22. The molecule has 0 radical (unpaired) electrons. The van der Waals surface area contributed by atoms with Crippen LogP contribution in [-0.2, 0) is 0 Å². The Bertz CT molecular complexity index is 367. The minimum Gasteiger partial charge on any atom is -0.493 e. The summed E-state index contributed by atoms with van der Waals surface area (Å²) in [4.78, 5) is 0. The Morgan fingerprint density at radius 1 is 1.00 bits per heavy atom. The second-order valence-corrected chi connectivity index (χ2v) is 3.65. The van der Waals surface area contributed by atoms with E-state index in [0.717, 1.165) is 0 Å². The van der Waals surface area contributed by atoms with E-state index < -0.39 is 18.8 Å². The maximum absolute atomic E-state index is 9.83. The molecule has 0 amide bonds. The number of benzene rings is 1. The van der Waals surface area contributed by atoms with Crippen LogP contribution in [0.15, 0.2) is 12.1 Å². The molecule has 18 heavy (non-hydrogen) atoms. The van der Waals surface area contributed by atoms with Gasteiger partial charge in [0.2, 0.25) is 5.75 Å². The minimum absolute atomic E-state index is 0.367. The van der Waals surface area contributed by atoms with Crippen LogP contribution in [-0.4, -0.2) is 49.4 Å². The van der Waals surface area contributed by atoms with Crippen molar-refractivity contribution in [2.45, 2.75) is 12.2 Å². The Balaban J connectivity index is 3.22. The van der Waals surface area contributed by atoms with Crippen LogP contribution in [0.2, 0.25) is 0 Å². The summed E-state index contributed by atoms with van der Waals surface area (Å²) >= 11 is 0. The smallest absolute Gasteiger partial charge is 0.203 e. The van der Waals surface area contributed by atoms with Gasteiger partial charge in [-0.2, -0.15) is 0 Å². The molecule has 0 fully saturated rings. The first-order valence-electron chi connectivity index (χ1n) is 5.35. The summed E-state index contributed by atoms with van der Waals surface area (Å²) in [6.07, 6.45) is -2.50. The quantitative estimate of drug-likeness (QED) is 0.670. The molecule has 1 aromatic carbocycles. The molecule has 102 valence electrons. The molecule has 6 heteroatoms. The van der Waals surface area contributed by atoms with Crippen LogP contribution in [0.5, 0.6) is 17.2 Å². The SMILES string of the molecule is COc1cc([C@H](O)[C@@H](O)CO)cc(OC)c1OC. The van der Waals surface area contributed by atoms with E-state index in [2.05, 4.69) is 0 Å². The lowest BCUT2D eigenvalue weighted by atomic mass is 10.0. The van der Waals surface area contributed by atoms with Crippen LogP contribution < -0.4 is 14.2 Å². The Hall–Kier alpha value is -1.50. The fourth-order valence-electron chi connectivity index (χ4n) is 1.59. The fraction of sp³-hybridized carbons (Fsp3) is 0.500. The van der Waals surface area contributed by atoms with Crippen molar-refractivity contribution in [2.24, 2.45) is 0 Å². The lowest BCUT2D eigenvalue weighted by molar-refractivity contribution is -0.0154. The summed E-state index contributed by atoms with van der Waals surface area (Å²) in [6.45, 7) is -0.544. The molecule has 0 saturated carbocycles. The van der Waals surface area contributed by atoms with E-state index in [1.807, 2.05) is 0 Å². The molecule has 0 saturated heterocycles. The van der Waals surface area contributed by atoms with E-state index >= 15 is 0 Å². The van der Waals surface area contributed by atoms with E-state index in [0.29, 0.717) is 22.8 Å². The van der Waals surface area contributed by atoms with Crippen LogP contribution in [0.25, 0.3) is 0 Å². The van der Waals surface area contributed by atoms with Crippen molar-refractivity contribution in [1.29, 1.82) is 0 Å². The van der Waals surface area contributed by atoms with E-state index in [4.69, 9.17) is 19.3 Å². The number of hydrogen-bond donors (Lipinski definition) is 3. The Morgan fingerprint density at radius 3 is 1.83 bits per heavy atom. The molecule has 6 nitrogen and oxygen atoms in total. The Morgan fingerprint density at radius 2 is 1.50 bits per heavy atom. The normalized spacial score (nSPS) is 13.9. The van der Waals surface area contributed by atoms with Crippen molar-refractivity contribution in [3.8, 4) is 17.2 Å². The van der Waals surface area contributed by atoms with Gasteiger partial charge >= 0.3 is 0 Å². The molecule has 1 rings (SSSR count). The van der Waals surface area contributed by atoms with Crippen LogP contribution in [0.3, 0.4) is 0 Å². The maximum Gasteiger partial charge on any atom is 0.203 e. The number of aliphatic hydroxyl groups is 3. The molecule has 0 spiro atoms. The first-order chi connectivity index (χ1) is 8.58. The predicted octanol–water partition coefficient (Wildman–Crippen LogP) is 0.0990. The van der Waals surface area contributed by atoms with Gasteiger partial charge in [0.25, 0.3) is 0 Å². The second kappa shape index (κ2) is 6.44. The van der Waals surface area contributed by atoms with Gasteiger partial charge in [-0.15, -0.1) is 0 Å². The van der Waals surface area contributed by atoms with E-state index in [-0.39, 0.29) is 0 Å². The molecule has 2 atom stereocenters. The van der Waals surface area contributed by atoms with Crippen LogP contribution >= 0.6 is 0 Å². The van der Waals surface area contributed by atoms with Crippen molar-refractivity contribution in [3.63, 3.8) is 0 Å². The largest absolute Gasteiger partial charge is 0.493 e. The van der Waals surface area contributed by atoms with Crippen LogP contribution in [0.1, 0.15) is 11.7 Å². The van der Waals surface area contributed by atoms with Crippen LogP contribution in [0.4, 0.5) is 0 Å². The van der Waals surface area contributed by atoms with Crippen molar-refractivity contribution >= 4 is 0 Å². The van der Waals surface area contributed by atoms with Crippen molar-refractivity contribution < 1.29 is 29.5 Å². The number of methoxy groups -OCH3 is 3. The van der Waals surface area contributed by atoms with Crippen molar-refractivity contribution in [2.75, 3.05) is 27.9 Å². The zero-order valence-corrected chi connectivity index (χ0v) is 10.6. The fourth-order valence-corrected chi connectivity index (χ4v) is 1.59. The first-order valence-corrected chi connectivity index (χ1v) is 5.35. The molecular weight excluding hydrogens is 240 g/mol. The number of rotatable bonds is 6. The lowest BCUT2D eigenvalue weighted by Gasteiger charge is -2.19. The monoisotopic (exact) mass is 258 g/mol. The zero-order valence-electron chi connectivity index (χ0n) is 10.6. The standard InChI is InChI=1S/C12H18O6/c1-16-9-4-7(11(15)8(14)6-13)5-10(17-2)12(9)18-3/h4-5,8,11,13-15H,6H2,1-3H3/t8-,11-/m0/s1. The van der Waals surface area contributed by atoms with Gasteiger partial charge < -0.3 is 29.5 Å². The van der Waals surface area contributed by atoms with E-state index in [1.165, 1.54) is 33.5 Å². The summed E-state index contributed by atoms with van der Waals surface area (Å²) in [6, 6.07) is 3.04. The third-order valence-corrected chi connectivity index (χ3v) is 2.58. The molecule has 0 unspecified atom stereocenters. The molecule has 0 aliphatic rings. The molecule has 0 aromatic heterocycles. The average molecular weight is 258 g/mol. The number of ether oxygens (including phenoxy) is 3. The molecular formula is C12H18O6. The van der Waals surface area contributed by atoms with Gasteiger partial charge in [-0.3, -0.25) is 0 Å². The highest BCUT2D eigenvalue weighted by Gasteiger charge is 2.22. The van der Waals surface area contributed by atoms with E-state index in [9.17, 15) is 10.2 Å². The predicted molar refractivity (Wildman–Crippen MR) is 64.2 cm³/mol. The zero-order chi connectivity index (χ0) is 13.7. The molecule has 0 bridgehead atoms. The van der Waals surface area contributed by atoms with Gasteiger partial charge in [-0.05, 0) is 17.7 Å². The highest BCUT2D eigenvalue weighted by atomic mass is 16.5. The second-order valence-electron chi connectivity index (χ2n) is 3.65. The summed E-state index contributed by atoms with van der Waals surface area (Å²) in [5.74, 6) is 1.14. The van der Waals surface area contributed by atoms with Gasteiger partial charge in [0.15, 0.2) is 11.5 Å². The Labute approximate surface area is 105 Å². The molecule has 1 aromatic rings. The molecule has 3 N–H and O–H groups in total. The maximum atomic E-state index is 9.83. The van der Waals surface area contributed by atoms with Gasteiger partial charge in [-0.25, -0.2) is 0 Å². The summed E-state index contributed by atoms with van der Waals surface area (Å²) in [5.41, 5.74) is 0.367. The molecule has 0 heterocycles. The van der Waals surface area contributed by atoms with Gasteiger partial charge in [0.1, 0.15) is 12.2 Å². The third-order valence-electron chi connectivity index (χ3n) is 2.58. The van der Waals surface area contributed by atoms with Gasteiger partial charge in [0.05, 0.1) is 27.9 Å². The van der Waals surface area contributed by atoms with Gasteiger partial charge in [0, 0.05) is 0 Å². The number of aliphatic hydroxyl groups excluding tert-OH is 3. The summed E-state index contributed by atoms with van der Waals surface area (Å²) in [7, 11) is 4.38. The summed E-state index contributed by atoms with van der Waals surface area (Å²) in [5, 5.41) is 28.1. The third kappa shape index (κ3) is 2.84. The Kier molecular flexibility index (Phi) is 5.21. The van der Waals surface area contributed by atoms with Crippen molar-refractivity contribution in [1.82, 2.24) is 0 Å². The number of hydrogen-bond acceptors (Lipinski definition) is 6. The first kappa shape index (κ1) is 14.6. The van der Waals surface area contributed by atoms with Crippen LogP contribution in [0, 0.1) is 0 Å². The topological polar surface area (TPSA) is 88.4 Å².